The molecule has 0 amide bonds. The van der Waals surface area contributed by atoms with Gasteiger partial charge < -0.3 is 10.3 Å². The zero-order valence-electron chi connectivity index (χ0n) is 20.7. The monoisotopic (exact) mass is 524 g/mol. The second kappa shape index (κ2) is 9.87. The van der Waals surface area contributed by atoms with Gasteiger partial charge in [-0.25, -0.2) is 22.0 Å². The third-order valence-corrected chi connectivity index (χ3v) is 7.32. The first-order valence-electron chi connectivity index (χ1n) is 12.5. The number of likely N-dealkylation sites (tertiary alicyclic amines) is 1. The highest BCUT2D eigenvalue weighted by molar-refractivity contribution is 5.85. The lowest BCUT2D eigenvalue weighted by molar-refractivity contribution is -0.0374. The first-order valence-corrected chi connectivity index (χ1v) is 12.5. The normalized spacial score (nSPS) is 21.3. The fraction of sp³-hybridized carbons (Fsp3) is 0.481. The molecule has 2 aliphatic rings. The molecule has 0 radical (unpaired) electrons. The molecule has 0 bridgehead atoms. The highest BCUT2D eigenvalue weighted by atomic mass is 19.3. The highest BCUT2D eigenvalue weighted by Crippen LogP contribution is 2.44. The molecule has 37 heavy (non-hydrogen) atoms. The van der Waals surface area contributed by atoms with Crippen molar-refractivity contribution in [2.75, 3.05) is 38.2 Å². The number of hydrogen-bond acceptors (Lipinski definition) is 3. The SMILES string of the molecule is C[C@H]1Cc2c([nH]c3cc(F)ccc23)[C@H](c2c(F)cc(NC3CN(CCCF)C3)cc2F)N1CC(C)(F)F. The maximum absolute atomic E-state index is 15.6. The number of benzene rings is 2. The number of fused-ring (bicyclic) bond motifs is 3. The summed E-state index contributed by atoms with van der Waals surface area (Å²) in [5.74, 6) is -5.28. The third kappa shape index (κ3) is 5.18. The number of hydrogen-bond donors (Lipinski definition) is 2. The van der Waals surface area contributed by atoms with Crippen LogP contribution in [0.25, 0.3) is 10.9 Å². The second-order valence-corrected chi connectivity index (χ2v) is 10.4. The van der Waals surface area contributed by atoms with Crippen molar-refractivity contribution >= 4 is 16.6 Å². The molecule has 5 rings (SSSR count). The summed E-state index contributed by atoms with van der Waals surface area (Å²) in [5, 5.41) is 3.81. The Balaban J connectivity index is 1.51. The molecular weight excluding hydrogens is 494 g/mol. The van der Waals surface area contributed by atoms with Crippen LogP contribution in [-0.4, -0.2) is 65.6 Å². The van der Waals surface area contributed by atoms with Gasteiger partial charge in [0.05, 0.1) is 25.3 Å². The summed E-state index contributed by atoms with van der Waals surface area (Å²) in [4.78, 5) is 6.54. The van der Waals surface area contributed by atoms with E-state index in [1.165, 1.54) is 29.2 Å². The summed E-state index contributed by atoms with van der Waals surface area (Å²) in [6.07, 6.45) is 0.817. The summed E-state index contributed by atoms with van der Waals surface area (Å²) in [6, 6.07) is 4.96. The Labute approximate surface area is 211 Å². The van der Waals surface area contributed by atoms with Crippen molar-refractivity contribution < 1.29 is 26.3 Å². The van der Waals surface area contributed by atoms with Crippen molar-refractivity contribution in [1.29, 1.82) is 0 Å². The molecule has 2 aliphatic heterocycles. The molecule has 0 saturated carbocycles. The van der Waals surface area contributed by atoms with Gasteiger partial charge in [0, 0.05) is 60.4 Å². The molecule has 200 valence electrons. The maximum atomic E-state index is 15.6. The summed E-state index contributed by atoms with van der Waals surface area (Å²) in [6.45, 7) is 3.35. The molecule has 2 aromatic carbocycles. The first kappa shape index (κ1) is 25.9. The lowest BCUT2D eigenvalue weighted by Crippen LogP contribution is -2.54. The minimum Gasteiger partial charge on any atom is -0.380 e. The van der Waals surface area contributed by atoms with Gasteiger partial charge in [-0.15, -0.1) is 0 Å². The minimum absolute atomic E-state index is 0.0237. The highest BCUT2D eigenvalue weighted by Gasteiger charge is 2.42. The molecule has 10 heteroatoms. The molecule has 1 fully saturated rings. The summed E-state index contributed by atoms with van der Waals surface area (Å²) >= 11 is 0. The predicted molar refractivity (Wildman–Crippen MR) is 131 cm³/mol. The van der Waals surface area contributed by atoms with Gasteiger partial charge in [-0.1, -0.05) is 0 Å². The van der Waals surface area contributed by atoms with E-state index >= 15 is 8.78 Å². The van der Waals surface area contributed by atoms with Crippen LogP contribution in [0.4, 0.5) is 32.0 Å². The van der Waals surface area contributed by atoms with E-state index < -0.39 is 42.0 Å². The van der Waals surface area contributed by atoms with Gasteiger partial charge in [0.25, 0.3) is 5.92 Å². The lowest BCUT2D eigenvalue weighted by atomic mass is 9.87. The predicted octanol–water partition coefficient (Wildman–Crippen LogP) is 6.03. The van der Waals surface area contributed by atoms with E-state index in [2.05, 4.69) is 10.3 Å². The van der Waals surface area contributed by atoms with Crippen molar-refractivity contribution in [3.63, 3.8) is 0 Å². The van der Waals surface area contributed by atoms with Crippen LogP contribution in [0.3, 0.4) is 0 Å². The number of H-pyrrole nitrogens is 1. The number of nitrogens with zero attached hydrogens (tertiary/aromatic N) is 2. The molecule has 0 unspecified atom stereocenters. The number of aromatic amines is 1. The van der Waals surface area contributed by atoms with Gasteiger partial charge in [0.1, 0.15) is 17.5 Å². The van der Waals surface area contributed by atoms with E-state index in [-0.39, 0.29) is 24.0 Å². The molecule has 4 nitrogen and oxygen atoms in total. The van der Waals surface area contributed by atoms with Crippen LogP contribution in [-0.2, 0) is 6.42 Å². The van der Waals surface area contributed by atoms with Crippen LogP contribution in [0, 0.1) is 17.5 Å². The van der Waals surface area contributed by atoms with Crippen molar-refractivity contribution in [3.8, 4) is 0 Å². The number of halogens is 6. The molecule has 1 aromatic heterocycles. The van der Waals surface area contributed by atoms with Crippen molar-refractivity contribution in [1.82, 2.24) is 14.8 Å². The summed E-state index contributed by atoms with van der Waals surface area (Å²) in [5.41, 5.74) is 1.52. The fourth-order valence-corrected chi connectivity index (χ4v) is 5.70. The Morgan fingerprint density at radius 3 is 2.43 bits per heavy atom. The standard InChI is InChI=1S/C27H30F6N4/c1-15-8-20-19-5-4-16(29)9-23(19)35-25(20)26(37(15)14-27(2,32)33)24-21(30)10-17(11-22(24)31)34-18-12-36(13-18)7-3-6-28/h4-5,9-11,15,18,26,34-35H,3,6-8,12-14H2,1-2H3/t15-,26-/m0/s1. The number of nitrogens with one attached hydrogen (secondary N) is 2. The minimum atomic E-state index is -3.10. The average Bonchev–Trinajstić information content (AvgIpc) is 3.12. The Hall–Kier alpha value is -2.72. The van der Waals surface area contributed by atoms with E-state index in [9.17, 15) is 17.6 Å². The lowest BCUT2D eigenvalue weighted by Gasteiger charge is -2.42. The second-order valence-electron chi connectivity index (χ2n) is 10.4. The van der Waals surface area contributed by atoms with Crippen molar-refractivity contribution in [2.24, 2.45) is 0 Å². The zero-order chi connectivity index (χ0) is 26.5. The number of anilines is 1. The molecule has 3 heterocycles. The zero-order valence-corrected chi connectivity index (χ0v) is 20.7. The Morgan fingerprint density at radius 1 is 1.08 bits per heavy atom. The molecular formula is C27H30F6N4. The van der Waals surface area contributed by atoms with E-state index in [1.54, 1.807) is 13.0 Å². The Bertz CT molecular complexity index is 1260. The Kier molecular flexibility index (Phi) is 6.91. The molecule has 3 aromatic rings. The fourth-order valence-electron chi connectivity index (χ4n) is 5.70. The van der Waals surface area contributed by atoms with Crippen LogP contribution in [0.15, 0.2) is 30.3 Å². The molecule has 0 spiro atoms. The first-order chi connectivity index (χ1) is 17.5. The quantitative estimate of drug-likeness (QED) is 0.353. The van der Waals surface area contributed by atoms with Crippen LogP contribution >= 0.6 is 0 Å². The van der Waals surface area contributed by atoms with E-state index in [1.807, 2.05) is 4.90 Å². The van der Waals surface area contributed by atoms with Crippen LogP contribution in [0.5, 0.6) is 0 Å². The maximum Gasteiger partial charge on any atom is 0.257 e. The van der Waals surface area contributed by atoms with Crippen LogP contribution < -0.4 is 5.32 Å². The van der Waals surface area contributed by atoms with E-state index in [0.717, 1.165) is 12.5 Å². The molecule has 0 aliphatic carbocycles. The number of aromatic nitrogens is 1. The van der Waals surface area contributed by atoms with Crippen LogP contribution in [0.2, 0.25) is 0 Å². The number of rotatable bonds is 8. The van der Waals surface area contributed by atoms with Gasteiger partial charge in [-0.05, 0) is 55.7 Å². The Morgan fingerprint density at radius 2 is 1.78 bits per heavy atom. The summed E-state index contributed by atoms with van der Waals surface area (Å²) in [7, 11) is 0. The van der Waals surface area contributed by atoms with Gasteiger partial charge >= 0.3 is 0 Å². The van der Waals surface area contributed by atoms with Gasteiger partial charge in [-0.2, -0.15) is 0 Å². The largest absolute Gasteiger partial charge is 0.380 e. The smallest absolute Gasteiger partial charge is 0.257 e. The number of alkyl halides is 3. The average molecular weight is 525 g/mol. The molecule has 2 N–H and O–H groups in total. The molecule has 2 atom stereocenters. The molecule has 1 saturated heterocycles. The topological polar surface area (TPSA) is 34.3 Å². The third-order valence-electron chi connectivity index (χ3n) is 7.32. The summed E-state index contributed by atoms with van der Waals surface area (Å²) < 4.78 is 86.0. The van der Waals surface area contributed by atoms with Crippen LogP contribution in [0.1, 0.15) is 43.1 Å². The van der Waals surface area contributed by atoms with E-state index in [0.29, 0.717) is 49.1 Å². The van der Waals surface area contributed by atoms with Gasteiger partial charge in [0.15, 0.2) is 0 Å². The van der Waals surface area contributed by atoms with Crippen molar-refractivity contribution in [3.05, 3.63) is 64.6 Å². The van der Waals surface area contributed by atoms with Gasteiger partial charge in [0.2, 0.25) is 0 Å². The van der Waals surface area contributed by atoms with E-state index in [4.69, 9.17) is 0 Å². The van der Waals surface area contributed by atoms with Crippen molar-refractivity contribution in [2.45, 2.75) is 50.7 Å². The van der Waals surface area contributed by atoms with Gasteiger partial charge in [-0.3, -0.25) is 14.2 Å².